The molecule has 0 bridgehead atoms. The topological polar surface area (TPSA) is 127 Å². The number of carbonyl (C=O) groups is 3. The van der Waals surface area contributed by atoms with E-state index in [0.29, 0.717) is 6.54 Å². The van der Waals surface area contributed by atoms with Gasteiger partial charge >= 0.3 is 88.7 Å². The van der Waals surface area contributed by atoms with Crippen LogP contribution in [0.3, 0.4) is 0 Å². The van der Waals surface area contributed by atoms with Crippen molar-refractivity contribution >= 4 is 17.9 Å². The van der Waals surface area contributed by atoms with Gasteiger partial charge in [-0.1, -0.05) is 103 Å². The van der Waals surface area contributed by atoms with E-state index in [1.807, 2.05) is 0 Å². The fraction of sp³-hybridized carbons (Fsp3) is 0.885. The van der Waals surface area contributed by atoms with Crippen LogP contribution in [-0.4, -0.2) is 67.0 Å². The number of carboxylic acid groups (broad SMARTS) is 3. The van der Waals surface area contributed by atoms with Crippen LogP contribution in [0.1, 0.15) is 110 Å². The molecule has 0 aliphatic heterocycles. The first-order chi connectivity index (χ1) is 16.3. The molecule has 0 fully saturated rings. The van der Waals surface area contributed by atoms with Crippen molar-refractivity contribution in [3.05, 3.63) is 0 Å². The predicted octanol–water partition coefficient (Wildman–Crippen LogP) is -7.89. The van der Waals surface area contributed by atoms with Crippen molar-refractivity contribution in [2.24, 2.45) is 0 Å². The Labute approximate surface area is 291 Å². The van der Waals surface area contributed by atoms with Crippen molar-refractivity contribution in [3.63, 3.8) is 0 Å². The first kappa shape index (κ1) is 45.3. The molecule has 0 N–H and O–H groups in total. The van der Waals surface area contributed by atoms with Crippen molar-refractivity contribution in [1.29, 1.82) is 0 Å². The molecule has 0 aromatic heterocycles. The molecule has 0 saturated heterocycles. The third-order valence-electron chi connectivity index (χ3n) is 6.12. The number of nitrogens with zero attached hydrogens (tertiary/aromatic N) is 2. The van der Waals surface area contributed by atoms with Crippen molar-refractivity contribution in [3.8, 4) is 0 Å². The predicted molar refractivity (Wildman–Crippen MR) is 127 cm³/mol. The van der Waals surface area contributed by atoms with Gasteiger partial charge in [-0.05, 0) is 13.0 Å². The maximum atomic E-state index is 11.0. The molecular formula is C26H47N2Na3O6. The first-order valence-corrected chi connectivity index (χ1v) is 13.4. The first-order valence-electron chi connectivity index (χ1n) is 13.4. The molecule has 0 rings (SSSR count). The number of unbranched alkanes of at least 4 members (excludes halogenated alkanes) is 15. The molecular weight excluding hydrogens is 505 g/mol. The SMILES string of the molecule is CCCCCCCCCCCCCCCCCCN(CCN(CC(=O)[O-])CC(=O)[O-])CC(=O)[O-].[Na+].[Na+].[Na+]. The number of hydrogen-bond acceptors (Lipinski definition) is 8. The Hall–Kier alpha value is 1.33. The fourth-order valence-corrected chi connectivity index (χ4v) is 4.20. The van der Waals surface area contributed by atoms with Gasteiger partial charge in [0.2, 0.25) is 0 Å². The monoisotopic (exact) mass is 552 g/mol. The van der Waals surface area contributed by atoms with Crippen molar-refractivity contribution in [2.75, 3.05) is 39.3 Å². The van der Waals surface area contributed by atoms with Crippen LogP contribution in [0.4, 0.5) is 0 Å². The van der Waals surface area contributed by atoms with Crippen LogP contribution in [0, 0.1) is 0 Å². The van der Waals surface area contributed by atoms with Gasteiger partial charge in [-0.2, -0.15) is 0 Å². The standard InChI is InChI=1S/C26H50N2O6.3Na/c1-2-3-4-5-6-7-8-9-10-11-12-13-14-15-16-17-18-27(21-24(29)30)19-20-28(22-25(31)32)23-26(33)34;;;/h2-23H2,1H3,(H,29,30)(H,31,32)(H,33,34);;;/q;3*+1/p-3. The zero-order chi connectivity index (χ0) is 25.4. The average Bonchev–Trinajstić information content (AvgIpc) is 2.75. The van der Waals surface area contributed by atoms with E-state index in [0.717, 1.165) is 19.3 Å². The second-order valence-corrected chi connectivity index (χ2v) is 9.41. The summed E-state index contributed by atoms with van der Waals surface area (Å²) < 4.78 is 0. The van der Waals surface area contributed by atoms with Gasteiger partial charge in [-0.25, -0.2) is 0 Å². The minimum Gasteiger partial charge on any atom is -0.549 e. The maximum absolute atomic E-state index is 11.0. The quantitative estimate of drug-likeness (QED) is 0.0765. The summed E-state index contributed by atoms with van der Waals surface area (Å²) in [6, 6.07) is 0. The summed E-state index contributed by atoms with van der Waals surface area (Å²) in [5.41, 5.74) is 0. The molecule has 0 aliphatic rings. The smallest absolute Gasteiger partial charge is 0.549 e. The van der Waals surface area contributed by atoms with Crippen LogP contribution < -0.4 is 104 Å². The molecule has 200 valence electrons. The van der Waals surface area contributed by atoms with Gasteiger partial charge < -0.3 is 29.7 Å². The van der Waals surface area contributed by atoms with Gasteiger partial charge in [0.15, 0.2) is 0 Å². The Kier molecular flexibility index (Phi) is 41.1. The summed E-state index contributed by atoms with van der Waals surface area (Å²) >= 11 is 0. The van der Waals surface area contributed by atoms with E-state index >= 15 is 0 Å². The molecule has 0 aromatic rings. The summed E-state index contributed by atoms with van der Waals surface area (Å²) in [6.07, 6.45) is 20.2. The third-order valence-corrected chi connectivity index (χ3v) is 6.12. The largest absolute Gasteiger partial charge is 1.00 e. The molecule has 0 spiro atoms. The van der Waals surface area contributed by atoms with E-state index in [-0.39, 0.29) is 108 Å². The number of carbonyl (C=O) groups excluding carboxylic acids is 3. The van der Waals surface area contributed by atoms with Crippen molar-refractivity contribution in [1.82, 2.24) is 9.80 Å². The van der Waals surface area contributed by atoms with E-state index in [9.17, 15) is 29.7 Å². The molecule has 0 radical (unpaired) electrons. The van der Waals surface area contributed by atoms with Crippen LogP contribution in [0.25, 0.3) is 0 Å². The van der Waals surface area contributed by atoms with Gasteiger partial charge in [0.25, 0.3) is 0 Å². The van der Waals surface area contributed by atoms with E-state index in [4.69, 9.17) is 0 Å². The Morgan fingerprint density at radius 2 is 0.703 bits per heavy atom. The molecule has 8 nitrogen and oxygen atoms in total. The Bertz CT molecular complexity index is 528. The van der Waals surface area contributed by atoms with Gasteiger partial charge in [0.1, 0.15) is 0 Å². The van der Waals surface area contributed by atoms with E-state index in [1.165, 1.54) is 88.4 Å². The Balaban J connectivity index is -0.00000181. The molecule has 0 aliphatic carbocycles. The van der Waals surface area contributed by atoms with Crippen LogP contribution in [0.5, 0.6) is 0 Å². The molecule has 0 heterocycles. The summed E-state index contributed by atoms with van der Waals surface area (Å²) in [7, 11) is 0. The summed E-state index contributed by atoms with van der Waals surface area (Å²) in [5, 5.41) is 32.5. The van der Waals surface area contributed by atoms with Crippen molar-refractivity contribution < 1.29 is 118 Å². The zero-order valence-electron chi connectivity index (χ0n) is 24.4. The summed E-state index contributed by atoms with van der Waals surface area (Å²) in [6.45, 7) is 1.82. The fourth-order valence-electron chi connectivity index (χ4n) is 4.20. The number of rotatable bonds is 26. The van der Waals surface area contributed by atoms with E-state index in [2.05, 4.69) is 6.92 Å². The molecule has 0 saturated carbocycles. The minimum absolute atomic E-state index is 0. The van der Waals surface area contributed by atoms with Gasteiger partial charge in [0.05, 0.1) is 17.9 Å². The summed E-state index contributed by atoms with van der Waals surface area (Å²) in [4.78, 5) is 35.4. The number of hydrogen-bond donors (Lipinski definition) is 0. The Morgan fingerprint density at radius 3 is 1.03 bits per heavy atom. The van der Waals surface area contributed by atoms with Crippen molar-refractivity contribution in [2.45, 2.75) is 110 Å². The average molecular weight is 553 g/mol. The van der Waals surface area contributed by atoms with Crippen LogP contribution in [-0.2, 0) is 14.4 Å². The van der Waals surface area contributed by atoms with Crippen LogP contribution in [0.2, 0.25) is 0 Å². The molecule has 0 amide bonds. The molecule has 11 heteroatoms. The van der Waals surface area contributed by atoms with Gasteiger partial charge in [-0.3, -0.25) is 9.80 Å². The van der Waals surface area contributed by atoms with Crippen LogP contribution >= 0.6 is 0 Å². The normalized spacial score (nSPS) is 10.5. The number of carboxylic acids is 3. The molecule has 0 atom stereocenters. The van der Waals surface area contributed by atoms with E-state index < -0.39 is 31.0 Å². The van der Waals surface area contributed by atoms with Gasteiger partial charge in [-0.15, -0.1) is 0 Å². The number of aliphatic carboxylic acids is 3. The molecule has 37 heavy (non-hydrogen) atoms. The summed E-state index contributed by atoms with van der Waals surface area (Å²) in [5.74, 6) is -3.97. The van der Waals surface area contributed by atoms with Gasteiger partial charge in [0, 0.05) is 32.7 Å². The second kappa shape index (κ2) is 33.5. The second-order valence-electron chi connectivity index (χ2n) is 9.41. The molecule has 0 unspecified atom stereocenters. The van der Waals surface area contributed by atoms with E-state index in [1.54, 1.807) is 4.90 Å². The zero-order valence-corrected chi connectivity index (χ0v) is 30.4. The Morgan fingerprint density at radius 1 is 0.432 bits per heavy atom. The minimum atomic E-state index is -1.38. The third kappa shape index (κ3) is 35.3. The molecule has 0 aromatic carbocycles. The maximum Gasteiger partial charge on any atom is 1.00 e. The van der Waals surface area contributed by atoms with Crippen LogP contribution in [0.15, 0.2) is 0 Å².